The van der Waals surface area contributed by atoms with E-state index in [1.54, 1.807) is 18.2 Å². The summed E-state index contributed by atoms with van der Waals surface area (Å²) in [4.78, 5) is 11.8. The second kappa shape index (κ2) is 6.77. The monoisotopic (exact) mass is 296 g/mol. The molecule has 0 saturated heterocycles. The van der Waals surface area contributed by atoms with Crippen molar-refractivity contribution in [3.05, 3.63) is 35.4 Å². The Hall–Kier alpha value is -1.52. The molecule has 0 aliphatic rings. The van der Waals surface area contributed by atoms with Crippen molar-refractivity contribution in [2.45, 2.75) is 32.8 Å². The van der Waals surface area contributed by atoms with Crippen molar-refractivity contribution in [1.82, 2.24) is 0 Å². The SMILES string of the molecule is C=C(CCN)c1cc(Cl)ccc1NC(=O)OC(C)(C)C. The predicted octanol–water partition coefficient (Wildman–Crippen LogP) is 4.05. The number of halogens is 1. The molecule has 0 fully saturated rings. The molecule has 1 rings (SSSR count). The predicted molar refractivity (Wildman–Crippen MR) is 84.0 cm³/mol. The molecule has 4 nitrogen and oxygen atoms in total. The van der Waals surface area contributed by atoms with Crippen LogP contribution in [0.1, 0.15) is 32.8 Å². The van der Waals surface area contributed by atoms with Crippen LogP contribution in [0.5, 0.6) is 0 Å². The summed E-state index contributed by atoms with van der Waals surface area (Å²) in [5, 5.41) is 3.29. The molecule has 0 atom stereocenters. The summed E-state index contributed by atoms with van der Waals surface area (Å²) < 4.78 is 5.23. The van der Waals surface area contributed by atoms with Gasteiger partial charge >= 0.3 is 6.09 Å². The number of carbonyl (C=O) groups is 1. The van der Waals surface area contributed by atoms with E-state index in [1.807, 2.05) is 20.8 Å². The molecule has 0 aliphatic carbocycles. The molecule has 1 aromatic rings. The molecule has 1 amide bonds. The Morgan fingerprint density at radius 3 is 2.65 bits per heavy atom. The van der Waals surface area contributed by atoms with E-state index in [9.17, 15) is 4.79 Å². The average molecular weight is 297 g/mol. The zero-order valence-electron chi connectivity index (χ0n) is 12.1. The summed E-state index contributed by atoms with van der Waals surface area (Å²) in [6.45, 7) is 9.88. The quantitative estimate of drug-likeness (QED) is 0.881. The van der Waals surface area contributed by atoms with Gasteiger partial charge in [0.15, 0.2) is 0 Å². The molecule has 0 saturated carbocycles. The summed E-state index contributed by atoms with van der Waals surface area (Å²) in [6.07, 6.45) is 0.116. The van der Waals surface area contributed by atoms with Gasteiger partial charge in [-0.2, -0.15) is 0 Å². The fraction of sp³-hybridized carbons (Fsp3) is 0.400. The number of benzene rings is 1. The topological polar surface area (TPSA) is 64.3 Å². The van der Waals surface area contributed by atoms with Crippen molar-refractivity contribution in [2.24, 2.45) is 5.73 Å². The van der Waals surface area contributed by atoms with Crippen molar-refractivity contribution in [3.8, 4) is 0 Å². The molecular formula is C15H21ClN2O2. The summed E-state index contributed by atoms with van der Waals surface area (Å²) in [5.74, 6) is 0. The lowest BCUT2D eigenvalue weighted by molar-refractivity contribution is 0.0636. The Kier molecular flexibility index (Phi) is 5.60. The Labute approximate surface area is 124 Å². The van der Waals surface area contributed by atoms with Gasteiger partial charge in [-0.05, 0) is 57.5 Å². The highest BCUT2D eigenvalue weighted by atomic mass is 35.5. The Morgan fingerprint density at radius 1 is 1.45 bits per heavy atom. The summed E-state index contributed by atoms with van der Waals surface area (Å²) in [5.41, 5.74) is 7.19. The van der Waals surface area contributed by atoms with Gasteiger partial charge in [0.05, 0.1) is 5.69 Å². The van der Waals surface area contributed by atoms with E-state index in [0.29, 0.717) is 23.7 Å². The van der Waals surface area contributed by atoms with Crippen molar-refractivity contribution < 1.29 is 9.53 Å². The molecule has 0 heterocycles. The van der Waals surface area contributed by atoms with Gasteiger partial charge < -0.3 is 10.5 Å². The Balaban J connectivity index is 2.94. The molecule has 3 N–H and O–H groups in total. The molecule has 110 valence electrons. The van der Waals surface area contributed by atoms with E-state index in [4.69, 9.17) is 22.1 Å². The van der Waals surface area contributed by atoms with Crippen LogP contribution in [0.2, 0.25) is 5.02 Å². The standard InChI is InChI=1S/C15H21ClN2O2/c1-10(7-8-17)12-9-11(16)5-6-13(12)18-14(19)20-15(2,3)4/h5-6,9H,1,7-8,17H2,2-4H3,(H,18,19). The van der Waals surface area contributed by atoms with Crippen molar-refractivity contribution in [3.63, 3.8) is 0 Å². The first-order valence-corrected chi connectivity index (χ1v) is 6.78. The number of carbonyl (C=O) groups excluding carboxylic acids is 1. The highest BCUT2D eigenvalue weighted by Gasteiger charge is 2.17. The van der Waals surface area contributed by atoms with E-state index < -0.39 is 11.7 Å². The summed E-state index contributed by atoms with van der Waals surface area (Å²) in [6, 6.07) is 5.18. The number of nitrogens with two attached hydrogens (primary N) is 1. The van der Waals surface area contributed by atoms with Crippen LogP contribution in [0.25, 0.3) is 5.57 Å². The highest BCUT2D eigenvalue weighted by Crippen LogP contribution is 2.28. The van der Waals surface area contributed by atoms with Crippen LogP contribution in [-0.4, -0.2) is 18.2 Å². The molecule has 0 bridgehead atoms. The minimum absolute atomic E-state index is 0.483. The van der Waals surface area contributed by atoms with Gasteiger partial charge in [0.25, 0.3) is 0 Å². The van der Waals surface area contributed by atoms with E-state index in [2.05, 4.69) is 11.9 Å². The Bertz CT molecular complexity index is 507. The van der Waals surface area contributed by atoms with Gasteiger partial charge in [-0.3, -0.25) is 5.32 Å². The highest BCUT2D eigenvalue weighted by molar-refractivity contribution is 6.30. The third-order valence-corrected chi connectivity index (χ3v) is 2.68. The fourth-order valence-electron chi connectivity index (χ4n) is 1.64. The van der Waals surface area contributed by atoms with Crippen molar-refractivity contribution in [1.29, 1.82) is 0 Å². The lowest BCUT2D eigenvalue weighted by Crippen LogP contribution is -2.27. The first-order chi connectivity index (χ1) is 9.23. The number of amides is 1. The van der Waals surface area contributed by atoms with Crippen molar-refractivity contribution in [2.75, 3.05) is 11.9 Å². The van der Waals surface area contributed by atoms with E-state index in [0.717, 1.165) is 11.1 Å². The first kappa shape index (κ1) is 16.5. The maximum atomic E-state index is 11.8. The molecule has 0 spiro atoms. The normalized spacial score (nSPS) is 11.1. The van der Waals surface area contributed by atoms with Gasteiger partial charge in [-0.15, -0.1) is 0 Å². The molecule has 5 heteroatoms. The van der Waals surface area contributed by atoms with E-state index >= 15 is 0 Å². The van der Waals surface area contributed by atoms with Crippen LogP contribution in [0, 0.1) is 0 Å². The van der Waals surface area contributed by atoms with Crippen LogP contribution in [0.3, 0.4) is 0 Å². The van der Waals surface area contributed by atoms with Gasteiger partial charge in [0.1, 0.15) is 5.60 Å². The largest absolute Gasteiger partial charge is 0.444 e. The third kappa shape index (κ3) is 5.23. The van der Waals surface area contributed by atoms with Crippen molar-refractivity contribution >= 4 is 29.0 Å². The number of hydrogen-bond acceptors (Lipinski definition) is 3. The zero-order chi connectivity index (χ0) is 15.3. The maximum Gasteiger partial charge on any atom is 0.412 e. The molecule has 20 heavy (non-hydrogen) atoms. The number of hydrogen-bond donors (Lipinski definition) is 2. The minimum Gasteiger partial charge on any atom is -0.444 e. The smallest absolute Gasteiger partial charge is 0.412 e. The molecule has 0 unspecified atom stereocenters. The first-order valence-electron chi connectivity index (χ1n) is 6.40. The maximum absolute atomic E-state index is 11.8. The van der Waals surface area contributed by atoms with Gasteiger partial charge in [-0.25, -0.2) is 4.79 Å². The second-order valence-corrected chi connectivity index (χ2v) is 5.90. The van der Waals surface area contributed by atoms with Crippen LogP contribution < -0.4 is 11.1 Å². The van der Waals surface area contributed by atoms with E-state index in [1.165, 1.54) is 0 Å². The van der Waals surface area contributed by atoms with Crippen LogP contribution >= 0.6 is 11.6 Å². The van der Waals surface area contributed by atoms with Gasteiger partial charge in [-0.1, -0.05) is 18.2 Å². The molecule has 0 aromatic heterocycles. The van der Waals surface area contributed by atoms with Gasteiger partial charge in [0, 0.05) is 10.6 Å². The van der Waals surface area contributed by atoms with E-state index in [-0.39, 0.29) is 0 Å². The lowest BCUT2D eigenvalue weighted by Gasteiger charge is -2.21. The van der Waals surface area contributed by atoms with Crippen LogP contribution in [0.15, 0.2) is 24.8 Å². The fourth-order valence-corrected chi connectivity index (χ4v) is 1.81. The second-order valence-electron chi connectivity index (χ2n) is 5.46. The number of rotatable bonds is 4. The lowest BCUT2D eigenvalue weighted by atomic mass is 10.0. The third-order valence-electron chi connectivity index (χ3n) is 2.44. The molecule has 1 aromatic carbocycles. The van der Waals surface area contributed by atoms with Crippen LogP contribution in [-0.2, 0) is 4.74 Å². The molecule has 0 radical (unpaired) electrons. The number of nitrogens with one attached hydrogen (secondary N) is 1. The number of anilines is 1. The summed E-state index contributed by atoms with van der Waals surface area (Å²) in [7, 11) is 0. The number of ether oxygens (including phenoxy) is 1. The molecular weight excluding hydrogens is 276 g/mol. The minimum atomic E-state index is -0.551. The zero-order valence-corrected chi connectivity index (χ0v) is 12.9. The Morgan fingerprint density at radius 2 is 2.10 bits per heavy atom. The van der Waals surface area contributed by atoms with Gasteiger partial charge in [0.2, 0.25) is 0 Å². The van der Waals surface area contributed by atoms with Crippen LogP contribution in [0.4, 0.5) is 10.5 Å². The summed E-state index contributed by atoms with van der Waals surface area (Å²) >= 11 is 5.99. The average Bonchev–Trinajstić information content (AvgIpc) is 2.29. The molecule has 0 aliphatic heterocycles.